The molecule has 1 aliphatic carbocycles. The molecular weight excluding hydrogens is 288 g/mol. The molecule has 6 nitrogen and oxygen atoms in total. The molecule has 6 N–H and O–H groups in total. The number of anilines is 1. The summed E-state index contributed by atoms with van der Waals surface area (Å²) in [4.78, 5) is 0. The average Bonchev–Trinajstić information content (AvgIpc) is 3.29. The molecule has 118 valence electrons. The zero-order valence-corrected chi connectivity index (χ0v) is 12.9. The van der Waals surface area contributed by atoms with Crippen LogP contribution >= 0.6 is 10.6 Å². The fraction of sp³-hybridized carbons (Fsp3) is 0.500. The molecule has 1 fully saturated rings. The lowest BCUT2D eigenvalue weighted by Crippen LogP contribution is -2.41. The Balaban J connectivity index is 1.93. The molecule has 0 heterocycles. The van der Waals surface area contributed by atoms with Gasteiger partial charge < -0.3 is 5.84 Å². The fourth-order valence-corrected chi connectivity index (χ4v) is 3.62. The zero-order valence-electron chi connectivity index (χ0n) is 12.1. The van der Waals surface area contributed by atoms with Gasteiger partial charge in [-0.15, -0.1) is 15.7 Å². The van der Waals surface area contributed by atoms with Crippen molar-refractivity contribution in [1.82, 2.24) is 0 Å². The Morgan fingerprint density at radius 1 is 1.24 bits per heavy atom. The van der Waals surface area contributed by atoms with Gasteiger partial charge in [0.2, 0.25) is 0 Å². The molecule has 0 bridgehead atoms. The van der Waals surface area contributed by atoms with E-state index >= 15 is 0 Å². The third-order valence-corrected chi connectivity index (χ3v) is 5.38. The van der Waals surface area contributed by atoms with E-state index in [1.165, 1.54) is 12.8 Å². The highest BCUT2D eigenvalue weighted by Gasteiger charge is 2.26. The van der Waals surface area contributed by atoms with Gasteiger partial charge in [-0.2, -0.15) is 0 Å². The maximum atomic E-state index is 10.3. The number of benzene rings is 1. The summed E-state index contributed by atoms with van der Waals surface area (Å²) in [6, 6.07) is 8.99. The molecule has 0 amide bonds. The fourth-order valence-electron chi connectivity index (χ4n) is 2.24. The van der Waals surface area contributed by atoms with Gasteiger partial charge in [-0.05, 0) is 24.5 Å². The maximum absolute atomic E-state index is 10.3. The van der Waals surface area contributed by atoms with Gasteiger partial charge in [0, 0.05) is 5.75 Å². The number of rotatable bonds is 6. The average molecular weight is 312 g/mol. The van der Waals surface area contributed by atoms with Crippen molar-refractivity contribution in [3.8, 4) is 0 Å². The number of hydrazone groups is 1. The molecule has 0 aromatic heterocycles. The van der Waals surface area contributed by atoms with Crippen LogP contribution in [0, 0.1) is 5.92 Å². The van der Waals surface area contributed by atoms with Gasteiger partial charge >= 0.3 is 0 Å². The Labute approximate surface area is 127 Å². The van der Waals surface area contributed by atoms with Gasteiger partial charge in [0.25, 0.3) is 5.17 Å². The molecule has 21 heavy (non-hydrogen) atoms. The van der Waals surface area contributed by atoms with E-state index in [-0.39, 0.29) is 10.9 Å². The Morgan fingerprint density at radius 2 is 1.90 bits per heavy atom. The summed E-state index contributed by atoms with van der Waals surface area (Å²) < 4.78 is 20.6. The molecule has 1 aromatic rings. The van der Waals surface area contributed by atoms with Crippen molar-refractivity contribution >= 4 is 21.4 Å². The van der Waals surface area contributed by atoms with Crippen LogP contribution in [-0.2, 0) is 0 Å². The largest absolute Gasteiger partial charge is 0.320 e. The van der Waals surface area contributed by atoms with Crippen LogP contribution in [-0.4, -0.2) is 20.0 Å². The van der Waals surface area contributed by atoms with Gasteiger partial charge in [-0.3, -0.25) is 9.11 Å². The van der Waals surface area contributed by atoms with Gasteiger partial charge in [-0.25, -0.2) is 10.9 Å². The Hall–Kier alpha value is -1.28. The van der Waals surface area contributed by atoms with Crippen LogP contribution < -0.4 is 16.7 Å². The van der Waals surface area contributed by atoms with E-state index < -0.39 is 10.6 Å². The highest BCUT2D eigenvalue weighted by molar-refractivity contribution is 8.37. The summed E-state index contributed by atoms with van der Waals surface area (Å²) >= 11 is 0. The number of amidine groups is 1. The molecule has 1 aromatic carbocycles. The lowest BCUT2D eigenvalue weighted by molar-refractivity contribution is 0.497. The summed E-state index contributed by atoms with van der Waals surface area (Å²) in [5.74, 6) is 12.3. The first kappa shape index (κ1) is 16.1. The summed E-state index contributed by atoms with van der Waals surface area (Å²) in [5.41, 5.74) is 0.611. The normalized spacial score (nSPS) is 16.8. The van der Waals surface area contributed by atoms with Crippen LogP contribution in [0.25, 0.3) is 0 Å². The van der Waals surface area contributed by atoms with Crippen LogP contribution in [0.1, 0.15) is 32.1 Å². The predicted molar refractivity (Wildman–Crippen MR) is 89.0 cm³/mol. The van der Waals surface area contributed by atoms with Crippen molar-refractivity contribution in [1.29, 1.82) is 0 Å². The zero-order chi connectivity index (χ0) is 15.3. The molecule has 0 unspecified atom stereocenters. The Morgan fingerprint density at radius 3 is 2.48 bits per heavy atom. The van der Waals surface area contributed by atoms with Gasteiger partial charge in [0.1, 0.15) is 0 Å². The molecule has 0 atom stereocenters. The highest BCUT2D eigenvalue weighted by atomic mass is 32.3. The Bertz CT molecular complexity index is 477. The van der Waals surface area contributed by atoms with E-state index in [0.717, 1.165) is 30.2 Å². The number of hydrazine groups is 1. The molecule has 2 rings (SSSR count). The van der Waals surface area contributed by atoms with Crippen LogP contribution in [0.4, 0.5) is 5.69 Å². The van der Waals surface area contributed by atoms with Crippen LogP contribution in [0.15, 0.2) is 35.4 Å². The quantitative estimate of drug-likeness (QED) is 0.212. The molecule has 0 saturated heterocycles. The predicted octanol–water partition coefficient (Wildman–Crippen LogP) is 2.93. The molecule has 0 spiro atoms. The topological polar surface area (TPSA) is 108 Å². The second-order valence-corrected chi connectivity index (χ2v) is 7.53. The first-order valence-corrected chi connectivity index (χ1v) is 8.90. The SMILES string of the molecule is N/N=C(\N(N)c1ccccc1)S(O)(O)CCCCC1CC1. The number of hydrogen-bond donors (Lipinski definition) is 4. The number of nitrogens with two attached hydrogens (primary N) is 2. The van der Waals surface area contributed by atoms with Crippen molar-refractivity contribution in [3.05, 3.63) is 30.3 Å². The number of nitrogens with zero attached hydrogens (tertiary/aromatic N) is 2. The van der Waals surface area contributed by atoms with E-state index in [4.69, 9.17) is 11.7 Å². The van der Waals surface area contributed by atoms with E-state index in [1.54, 1.807) is 12.1 Å². The summed E-state index contributed by atoms with van der Waals surface area (Å²) in [5, 5.41) is 4.60. The van der Waals surface area contributed by atoms with Crippen LogP contribution in [0.3, 0.4) is 0 Å². The van der Waals surface area contributed by atoms with Crippen LogP contribution in [0.5, 0.6) is 0 Å². The van der Waals surface area contributed by atoms with Crippen molar-refractivity contribution < 1.29 is 9.11 Å². The number of hydrogen-bond acceptors (Lipinski definition) is 5. The molecule has 1 aliphatic rings. The first-order chi connectivity index (χ1) is 10.0. The van der Waals surface area contributed by atoms with Gasteiger partial charge in [-0.1, -0.05) is 43.9 Å². The van der Waals surface area contributed by atoms with E-state index in [1.807, 2.05) is 18.2 Å². The van der Waals surface area contributed by atoms with Gasteiger partial charge in [0.15, 0.2) is 0 Å². The van der Waals surface area contributed by atoms with Crippen molar-refractivity contribution in [2.45, 2.75) is 32.1 Å². The van der Waals surface area contributed by atoms with E-state index in [0.29, 0.717) is 5.69 Å². The minimum absolute atomic E-state index is 0.0693. The van der Waals surface area contributed by atoms with E-state index in [2.05, 4.69) is 5.10 Å². The molecule has 1 saturated carbocycles. The smallest absolute Gasteiger partial charge is 0.253 e. The molecular formula is C14H24N4O2S. The second kappa shape index (κ2) is 7.13. The van der Waals surface area contributed by atoms with Crippen molar-refractivity contribution in [2.24, 2.45) is 22.7 Å². The molecule has 7 heteroatoms. The summed E-state index contributed by atoms with van der Waals surface area (Å²) in [7, 11) is -3.07. The number of para-hydroxylation sites is 1. The summed E-state index contributed by atoms with van der Waals surface area (Å²) in [6.45, 7) is 0. The second-order valence-electron chi connectivity index (χ2n) is 5.43. The third-order valence-electron chi connectivity index (χ3n) is 3.63. The number of unbranched alkanes of at least 4 members (excludes halogenated alkanes) is 1. The van der Waals surface area contributed by atoms with Crippen LogP contribution in [0.2, 0.25) is 0 Å². The Kier molecular flexibility index (Phi) is 5.46. The van der Waals surface area contributed by atoms with E-state index in [9.17, 15) is 9.11 Å². The minimum atomic E-state index is -3.07. The summed E-state index contributed by atoms with van der Waals surface area (Å²) in [6.07, 6.45) is 5.52. The van der Waals surface area contributed by atoms with Crippen molar-refractivity contribution in [2.75, 3.05) is 10.8 Å². The minimum Gasteiger partial charge on any atom is -0.320 e. The lowest BCUT2D eigenvalue weighted by atomic mass is 10.2. The molecule has 0 aliphatic heterocycles. The standard InChI is InChI=1S/C14H24N4O2S/c15-17-14(18(16)13-7-2-1-3-8-13)21(19,20)11-5-4-6-12-9-10-12/h1-3,7-8,12,19-20H,4-6,9-11,15-16H2/b17-14+. The van der Waals surface area contributed by atoms with Gasteiger partial charge in [0.05, 0.1) is 5.69 Å². The molecule has 0 radical (unpaired) electrons. The third kappa shape index (κ3) is 4.60. The monoisotopic (exact) mass is 312 g/mol. The lowest BCUT2D eigenvalue weighted by Gasteiger charge is -2.36. The highest BCUT2D eigenvalue weighted by Crippen LogP contribution is 2.43. The van der Waals surface area contributed by atoms with Crippen molar-refractivity contribution in [3.63, 3.8) is 0 Å². The first-order valence-electron chi connectivity index (χ1n) is 7.18. The maximum Gasteiger partial charge on any atom is 0.253 e.